The number of nitrogens with two attached hydrogens (primary N) is 1. The van der Waals surface area contributed by atoms with Gasteiger partial charge in [0.25, 0.3) is 17.0 Å². The minimum absolute atomic E-state index is 0.0645. The molecule has 0 radical (unpaired) electrons. The predicted molar refractivity (Wildman–Crippen MR) is 70.3 cm³/mol. The van der Waals surface area contributed by atoms with Crippen LogP contribution in [0.15, 0.2) is 26.3 Å². The third-order valence-corrected chi connectivity index (χ3v) is 3.13. The fourth-order valence-corrected chi connectivity index (χ4v) is 1.79. The summed E-state index contributed by atoms with van der Waals surface area (Å²) in [5.41, 5.74) is 2.20. The minimum Gasteiger partial charge on any atom is -0.467 e. The van der Waals surface area contributed by atoms with Gasteiger partial charge in [0.2, 0.25) is 0 Å². The van der Waals surface area contributed by atoms with Crippen LogP contribution in [0.3, 0.4) is 0 Å². The van der Waals surface area contributed by atoms with Crippen molar-refractivity contribution in [1.82, 2.24) is 15.2 Å². The van der Waals surface area contributed by atoms with E-state index in [2.05, 4.69) is 5.10 Å². The van der Waals surface area contributed by atoms with Gasteiger partial charge in [0.05, 0.1) is 11.8 Å². The van der Waals surface area contributed by atoms with E-state index in [1.54, 1.807) is 13.8 Å². The van der Waals surface area contributed by atoms with Gasteiger partial charge in [-0.15, -0.1) is 0 Å². The Bertz CT molecular complexity index is 768. The zero-order valence-corrected chi connectivity index (χ0v) is 11.0. The number of hydrogen-bond donors (Lipinski definition) is 3. The molecule has 0 aliphatic carbocycles. The second-order valence-electron chi connectivity index (χ2n) is 4.31. The Kier molecular flexibility index (Phi) is 3.57. The SMILES string of the molecule is Cc1c(C)c(=O)n(Cc2occc2C(=O)NN)[nH]c1=O. The first-order valence-corrected chi connectivity index (χ1v) is 5.83. The van der Waals surface area contributed by atoms with Gasteiger partial charge in [-0.3, -0.25) is 24.9 Å². The Morgan fingerprint density at radius 1 is 1.40 bits per heavy atom. The van der Waals surface area contributed by atoms with Crippen LogP contribution in [-0.4, -0.2) is 15.7 Å². The molecule has 106 valence electrons. The van der Waals surface area contributed by atoms with Gasteiger partial charge in [-0.2, -0.15) is 0 Å². The van der Waals surface area contributed by atoms with Crippen LogP contribution >= 0.6 is 0 Å². The molecule has 0 atom stereocenters. The Hall–Kier alpha value is -2.61. The molecule has 0 bridgehead atoms. The highest BCUT2D eigenvalue weighted by Gasteiger charge is 2.16. The molecule has 4 N–H and O–H groups in total. The number of carbonyl (C=O) groups excluding carboxylic acids is 1. The fraction of sp³-hybridized carbons (Fsp3) is 0.250. The molecule has 1 amide bonds. The number of amides is 1. The van der Waals surface area contributed by atoms with E-state index in [0.717, 1.165) is 4.68 Å². The monoisotopic (exact) mass is 278 g/mol. The Morgan fingerprint density at radius 2 is 2.10 bits per heavy atom. The maximum absolute atomic E-state index is 12.0. The van der Waals surface area contributed by atoms with Gasteiger partial charge < -0.3 is 4.42 Å². The molecule has 0 spiro atoms. The van der Waals surface area contributed by atoms with Gasteiger partial charge >= 0.3 is 0 Å². The minimum atomic E-state index is -0.534. The highest BCUT2D eigenvalue weighted by molar-refractivity contribution is 5.94. The van der Waals surface area contributed by atoms with Crippen LogP contribution in [0.4, 0.5) is 0 Å². The number of hydrogen-bond acceptors (Lipinski definition) is 5. The van der Waals surface area contributed by atoms with E-state index in [1.165, 1.54) is 12.3 Å². The van der Waals surface area contributed by atoms with E-state index in [4.69, 9.17) is 10.3 Å². The molecule has 2 aromatic heterocycles. The summed E-state index contributed by atoms with van der Waals surface area (Å²) in [6, 6.07) is 1.43. The lowest BCUT2D eigenvalue weighted by molar-refractivity contribution is 0.0951. The number of H-pyrrole nitrogens is 1. The molecule has 8 heteroatoms. The molecule has 2 aromatic rings. The molecule has 0 fully saturated rings. The highest BCUT2D eigenvalue weighted by Crippen LogP contribution is 2.10. The van der Waals surface area contributed by atoms with Crippen LogP contribution in [0.1, 0.15) is 27.2 Å². The standard InChI is InChI=1S/C12H14N4O4/c1-6-7(2)12(19)16(15-10(6)17)5-9-8(3-4-20-9)11(18)14-13/h3-4H,5,13H2,1-2H3,(H,14,18)(H,15,17). The number of nitrogens with zero attached hydrogens (tertiary/aromatic N) is 1. The number of aromatic amines is 1. The van der Waals surface area contributed by atoms with E-state index in [1.807, 2.05) is 5.43 Å². The number of carbonyl (C=O) groups is 1. The molecule has 8 nitrogen and oxygen atoms in total. The van der Waals surface area contributed by atoms with E-state index < -0.39 is 5.91 Å². The van der Waals surface area contributed by atoms with Gasteiger partial charge in [0.1, 0.15) is 12.3 Å². The number of hydrazine groups is 1. The van der Waals surface area contributed by atoms with Gasteiger partial charge in [0, 0.05) is 11.1 Å². The first-order valence-electron chi connectivity index (χ1n) is 5.83. The van der Waals surface area contributed by atoms with Crippen molar-refractivity contribution >= 4 is 5.91 Å². The molecular formula is C12H14N4O4. The summed E-state index contributed by atoms with van der Waals surface area (Å²) in [6.45, 7) is 3.07. The van der Waals surface area contributed by atoms with Crippen LogP contribution < -0.4 is 22.4 Å². The Balaban J connectivity index is 2.47. The maximum Gasteiger partial charge on any atom is 0.268 e. The maximum atomic E-state index is 12.0. The fourth-order valence-electron chi connectivity index (χ4n) is 1.79. The van der Waals surface area contributed by atoms with Crippen LogP contribution in [0, 0.1) is 13.8 Å². The number of furan rings is 1. The number of nitrogen functional groups attached to an aromatic ring is 1. The van der Waals surface area contributed by atoms with Crippen LogP contribution in [0.2, 0.25) is 0 Å². The van der Waals surface area contributed by atoms with E-state index in [-0.39, 0.29) is 29.0 Å². The van der Waals surface area contributed by atoms with Crippen LogP contribution in [-0.2, 0) is 6.54 Å². The first kappa shape index (κ1) is 13.8. The zero-order chi connectivity index (χ0) is 14.9. The number of nitrogens with one attached hydrogen (secondary N) is 2. The summed E-state index contributed by atoms with van der Waals surface area (Å²) < 4.78 is 6.25. The summed E-state index contributed by atoms with van der Waals surface area (Å²) in [5.74, 6) is 4.75. The molecule has 2 heterocycles. The van der Waals surface area contributed by atoms with Crippen molar-refractivity contribution in [3.8, 4) is 0 Å². The van der Waals surface area contributed by atoms with Crippen molar-refractivity contribution in [1.29, 1.82) is 0 Å². The van der Waals surface area contributed by atoms with Crippen molar-refractivity contribution < 1.29 is 9.21 Å². The van der Waals surface area contributed by atoms with Gasteiger partial charge in [-0.25, -0.2) is 10.5 Å². The number of rotatable bonds is 3. The second-order valence-corrected chi connectivity index (χ2v) is 4.31. The molecule has 2 rings (SSSR count). The average molecular weight is 278 g/mol. The summed E-state index contributed by atoms with van der Waals surface area (Å²) in [6.07, 6.45) is 1.31. The van der Waals surface area contributed by atoms with Crippen LogP contribution in [0.25, 0.3) is 0 Å². The number of aromatic nitrogens is 2. The summed E-state index contributed by atoms with van der Waals surface area (Å²) in [5, 5.41) is 2.43. The third kappa shape index (κ3) is 2.28. The van der Waals surface area contributed by atoms with E-state index in [9.17, 15) is 14.4 Å². The van der Waals surface area contributed by atoms with Crippen molar-refractivity contribution in [3.05, 3.63) is 55.5 Å². The molecule has 0 saturated heterocycles. The lowest BCUT2D eigenvalue weighted by Crippen LogP contribution is -2.34. The average Bonchev–Trinajstić information content (AvgIpc) is 2.89. The quantitative estimate of drug-likeness (QED) is 0.393. The first-order chi connectivity index (χ1) is 9.45. The Morgan fingerprint density at radius 3 is 2.75 bits per heavy atom. The molecule has 0 aromatic carbocycles. The lowest BCUT2D eigenvalue weighted by atomic mass is 10.2. The zero-order valence-electron chi connectivity index (χ0n) is 11.0. The molecular weight excluding hydrogens is 264 g/mol. The molecule has 20 heavy (non-hydrogen) atoms. The van der Waals surface area contributed by atoms with Crippen molar-refractivity contribution in [3.63, 3.8) is 0 Å². The molecule has 0 unspecified atom stereocenters. The summed E-state index contributed by atoms with van der Waals surface area (Å²) in [4.78, 5) is 35.2. The van der Waals surface area contributed by atoms with E-state index in [0.29, 0.717) is 11.1 Å². The van der Waals surface area contributed by atoms with Gasteiger partial charge in [0.15, 0.2) is 0 Å². The van der Waals surface area contributed by atoms with Crippen molar-refractivity contribution in [2.45, 2.75) is 20.4 Å². The van der Waals surface area contributed by atoms with Crippen LogP contribution in [0.5, 0.6) is 0 Å². The second kappa shape index (κ2) is 5.17. The molecule has 0 aliphatic rings. The smallest absolute Gasteiger partial charge is 0.268 e. The predicted octanol–water partition coefficient (Wildman–Crippen LogP) is -0.602. The summed E-state index contributed by atoms with van der Waals surface area (Å²) in [7, 11) is 0. The molecule has 0 saturated carbocycles. The third-order valence-electron chi connectivity index (χ3n) is 3.13. The normalized spacial score (nSPS) is 10.6. The topological polar surface area (TPSA) is 123 Å². The lowest BCUT2D eigenvalue weighted by Gasteiger charge is -2.07. The Labute approximate surface area is 113 Å². The summed E-state index contributed by atoms with van der Waals surface area (Å²) >= 11 is 0. The molecule has 0 aliphatic heterocycles. The highest BCUT2D eigenvalue weighted by atomic mass is 16.3. The van der Waals surface area contributed by atoms with Gasteiger partial charge in [-0.1, -0.05) is 0 Å². The largest absolute Gasteiger partial charge is 0.467 e. The van der Waals surface area contributed by atoms with Crippen molar-refractivity contribution in [2.24, 2.45) is 5.84 Å². The van der Waals surface area contributed by atoms with Gasteiger partial charge in [-0.05, 0) is 19.9 Å². The van der Waals surface area contributed by atoms with E-state index >= 15 is 0 Å². The van der Waals surface area contributed by atoms with Crippen molar-refractivity contribution in [2.75, 3.05) is 0 Å².